The fourth-order valence-corrected chi connectivity index (χ4v) is 2.35. The summed E-state index contributed by atoms with van der Waals surface area (Å²) in [7, 11) is 5.73. The summed E-state index contributed by atoms with van der Waals surface area (Å²) in [5.41, 5.74) is 2.21. The van der Waals surface area contributed by atoms with E-state index in [2.05, 4.69) is 0 Å². The molecule has 0 fully saturated rings. The average Bonchev–Trinajstić information content (AvgIpc) is 2.86. The summed E-state index contributed by atoms with van der Waals surface area (Å²) in [6.45, 7) is 2.49. The molecule has 6 heteroatoms. The number of rotatable bonds is 4. The predicted molar refractivity (Wildman–Crippen MR) is 79.2 cm³/mol. The van der Waals surface area contributed by atoms with Crippen molar-refractivity contribution in [3.05, 3.63) is 34.9 Å². The van der Waals surface area contributed by atoms with Gasteiger partial charge in [-0.1, -0.05) is 6.07 Å². The third-order valence-corrected chi connectivity index (χ3v) is 3.66. The Hall–Kier alpha value is -2.08. The van der Waals surface area contributed by atoms with Gasteiger partial charge in [0, 0.05) is 33.2 Å². The zero-order valence-corrected chi connectivity index (χ0v) is 12.7. The Labute approximate surface area is 124 Å². The molecule has 1 aliphatic heterocycles. The second-order valence-corrected chi connectivity index (χ2v) is 5.65. The number of aromatic carboxylic acids is 1. The van der Waals surface area contributed by atoms with E-state index in [4.69, 9.17) is 5.11 Å². The normalized spacial score (nSPS) is 13.4. The number of carboxylic acids is 1. The SMILES string of the molecule is CN(C)CCN(C)C(=O)N1Cc2ccc(C(=O)O)cc2C1. The van der Waals surface area contributed by atoms with Crippen molar-refractivity contribution in [2.24, 2.45) is 0 Å². The maximum absolute atomic E-state index is 12.4. The van der Waals surface area contributed by atoms with E-state index < -0.39 is 5.97 Å². The summed E-state index contributed by atoms with van der Waals surface area (Å²) in [4.78, 5) is 28.8. The van der Waals surface area contributed by atoms with Gasteiger partial charge in [0.25, 0.3) is 0 Å². The van der Waals surface area contributed by atoms with Gasteiger partial charge in [-0.15, -0.1) is 0 Å². The van der Waals surface area contributed by atoms with E-state index in [0.717, 1.165) is 17.7 Å². The van der Waals surface area contributed by atoms with Crippen LogP contribution in [0.25, 0.3) is 0 Å². The summed E-state index contributed by atoms with van der Waals surface area (Å²) in [6, 6.07) is 5.02. The lowest BCUT2D eigenvalue weighted by Gasteiger charge is -2.25. The van der Waals surface area contributed by atoms with Gasteiger partial charge in [0.1, 0.15) is 0 Å². The van der Waals surface area contributed by atoms with Gasteiger partial charge in [-0.05, 0) is 37.4 Å². The van der Waals surface area contributed by atoms with Gasteiger partial charge < -0.3 is 19.8 Å². The van der Waals surface area contributed by atoms with Crippen LogP contribution in [-0.2, 0) is 13.1 Å². The lowest BCUT2D eigenvalue weighted by Crippen LogP contribution is -2.41. The molecular formula is C15H21N3O3. The van der Waals surface area contributed by atoms with E-state index in [1.807, 2.05) is 19.0 Å². The van der Waals surface area contributed by atoms with Crippen molar-refractivity contribution < 1.29 is 14.7 Å². The standard InChI is InChI=1S/C15H21N3O3/c1-16(2)6-7-17(3)15(21)18-9-12-5-4-11(14(19)20)8-13(12)10-18/h4-5,8H,6-7,9-10H2,1-3H3,(H,19,20). The molecule has 0 spiro atoms. The van der Waals surface area contributed by atoms with Crippen LogP contribution in [0.3, 0.4) is 0 Å². The second-order valence-electron chi connectivity index (χ2n) is 5.65. The highest BCUT2D eigenvalue weighted by Gasteiger charge is 2.26. The maximum Gasteiger partial charge on any atom is 0.335 e. The maximum atomic E-state index is 12.4. The smallest absolute Gasteiger partial charge is 0.335 e. The third kappa shape index (κ3) is 3.52. The number of fused-ring (bicyclic) bond motifs is 1. The Kier molecular flexibility index (Phi) is 4.47. The number of nitrogens with zero attached hydrogens (tertiary/aromatic N) is 3. The van der Waals surface area contributed by atoms with Gasteiger partial charge >= 0.3 is 12.0 Å². The molecule has 21 heavy (non-hydrogen) atoms. The number of hydrogen-bond acceptors (Lipinski definition) is 3. The van der Waals surface area contributed by atoms with Crippen molar-refractivity contribution >= 4 is 12.0 Å². The summed E-state index contributed by atoms with van der Waals surface area (Å²) in [5.74, 6) is -0.939. The predicted octanol–water partition coefficient (Wildman–Crippen LogP) is 1.31. The fraction of sp³-hybridized carbons (Fsp3) is 0.467. The topological polar surface area (TPSA) is 64.1 Å². The molecule has 0 radical (unpaired) electrons. The van der Waals surface area contributed by atoms with Crippen molar-refractivity contribution in [1.29, 1.82) is 0 Å². The molecule has 0 aromatic heterocycles. The average molecular weight is 291 g/mol. The lowest BCUT2D eigenvalue weighted by atomic mass is 10.1. The third-order valence-electron chi connectivity index (χ3n) is 3.66. The minimum atomic E-state index is -0.939. The fourth-order valence-electron chi connectivity index (χ4n) is 2.35. The van der Waals surface area contributed by atoms with E-state index in [1.165, 1.54) is 0 Å². The quantitative estimate of drug-likeness (QED) is 0.908. The molecule has 1 heterocycles. The summed E-state index contributed by atoms with van der Waals surface area (Å²) in [5, 5.41) is 9.01. The minimum Gasteiger partial charge on any atom is -0.478 e. The molecule has 0 bridgehead atoms. The number of carboxylic acid groups (broad SMARTS) is 1. The van der Waals surface area contributed by atoms with E-state index in [0.29, 0.717) is 19.6 Å². The molecule has 0 unspecified atom stereocenters. The van der Waals surface area contributed by atoms with Crippen LogP contribution in [0.15, 0.2) is 18.2 Å². The van der Waals surface area contributed by atoms with Crippen molar-refractivity contribution in [1.82, 2.24) is 14.7 Å². The number of hydrogen-bond donors (Lipinski definition) is 1. The van der Waals surface area contributed by atoms with Crippen LogP contribution in [0.2, 0.25) is 0 Å². The Morgan fingerprint density at radius 2 is 1.81 bits per heavy atom. The zero-order chi connectivity index (χ0) is 15.6. The highest BCUT2D eigenvalue weighted by Crippen LogP contribution is 2.24. The number of amides is 2. The molecule has 1 aliphatic rings. The monoisotopic (exact) mass is 291 g/mol. The van der Waals surface area contributed by atoms with Crippen LogP contribution in [0.1, 0.15) is 21.5 Å². The van der Waals surface area contributed by atoms with Gasteiger partial charge in [-0.3, -0.25) is 0 Å². The van der Waals surface area contributed by atoms with Crippen LogP contribution in [0.5, 0.6) is 0 Å². The molecule has 114 valence electrons. The number of carbonyl (C=O) groups excluding carboxylic acids is 1. The molecule has 0 saturated carbocycles. The van der Waals surface area contributed by atoms with Crippen LogP contribution in [0.4, 0.5) is 4.79 Å². The Morgan fingerprint density at radius 1 is 1.14 bits per heavy atom. The Morgan fingerprint density at radius 3 is 2.43 bits per heavy atom. The van der Waals surface area contributed by atoms with Gasteiger partial charge in [0.05, 0.1) is 5.56 Å². The molecule has 0 aliphatic carbocycles. The van der Waals surface area contributed by atoms with Crippen molar-refractivity contribution in [3.63, 3.8) is 0 Å². The molecule has 0 saturated heterocycles. The van der Waals surface area contributed by atoms with Gasteiger partial charge in [-0.25, -0.2) is 9.59 Å². The van der Waals surface area contributed by atoms with Crippen LogP contribution >= 0.6 is 0 Å². The summed E-state index contributed by atoms with van der Waals surface area (Å²) in [6.07, 6.45) is 0. The first-order valence-electron chi connectivity index (χ1n) is 6.88. The second kappa shape index (κ2) is 6.13. The molecule has 2 rings (SSSR count). The first kappa shape index (κ1) is 15.3. The molecule has 6 nitrogen and oxygen atoms in total. The number of benzene rings is 1. The van der Waals surface area contributed by atoms with Gasteiger partial charge in [0.15, 0.2) is 0 Å². The molecule has 0 atom stereocenters. The van der Waals surface area contributed by atoms with Gasteiger partial charge in [0.2, 0.25) is 0 Å². The molecule has 2 amide bonds. The van der Waals surface area contributed by atoms with Crippen LogP contribution in [-0.4, -0.2) is 66.0 Å². The first-order chi connectivity index (χ1) is 9.88. The number of carbonyl (C=O) groups is 2. The first-order valence-corrected chi connectivity index (χ1v) is 6.88. The highest BCUT2D eigenvalue weighted by molar-refractivity contribution is 5.88. The van der Waals surface area contributed by atoms with Crippen LogP contribution < -0.4 is 0 Å². The van der Waals surface area contributed by atoms with E-state index in [9.17, 15) is 9.59 Å². The number of likely N-dealkylation sites (N-methyl/N-ethyl adjacent to an activating group) is 2. The molecule has 1 aromatic carbocycles. The van der Waals surface area contributed by atoms with Crippen molar-refractivity contribution in [2.75, 3.05) is 34.2 Å². The Bertz CT molecular complexity index is 557. The van der Waals surface area contributed by atoms with Crippen LogP contribution in [0, 0.1) is 0 Å². The van der Waals surface area contributed by atoms with Crippen molar-refractivity contribution in [2.45, 2.75) is 13.1 Å². The zero-order valence-electron chi connectivity index (χ0n) is 12.7. The van der Waals surface area contributed by atoms with Gasteiger partial charge in [-0.2, -0.15) is 0 Å². The lowest BCUT2D eigenvalue weighted by molar-refractivity contribution is 0.0696. The molecule has 1 aromatic rings. The summed E-state index contributed by atoms with van der Waals surface area (Å²) >= 11 is 0. The summed E-state index contributed by atoms with van der Waals surface area (Å²) < 4.78 is 0. The number of urea groups is 1. The van der Waals surface area contributed by atoms with Crippen molar-refractivity contribution in [3.8, 4) is 0 Å². The highest BCUT2D eigenvalue weighted by atomic mass is 16.4. The van der Waals surface area contributed by atoms with E-state index in [-0.39, 0.29) is 11.6 Å². The Balaban J connectivity index is 2.02. The minimum absolute atomic E-state index is 0.0232. The van der Waals surface area contributed by atoms with E-state index >= 15 is 0 Å². The largest absolute Gasteiger partial charge is 0.478 e. The molecule has 1 N–H and O–H groups in total. The molecular weight excluding hydrogens is 270 g/mol. The van der Waals surface area contributed by atoms with E-state index in [1.54, 1.807) is 35.0 Å².